The Balaban J connectivity index is 1.17. The van der Waals surface area contributed by atoms with E-state index in [1.165, 1.54) is 4.90 Å². The Hall–Kier alpha value is -3.26. The van der Waals surface area contributed by atoms with Crippen LogP contribution in [0.2, 0.25) is 0 Å². The fourth-order valence-corrected chi connectivity index (χ4v) is 5.51. The molecule has 1 aliphatic carbocycles. The molecule has 3 aromatic rings. The minimum absolute atomic E-state index is 0.135. The first kappa shape index (κ1) is 20.6. The van der Waals surface area contributed by atoms with Crippen LogP contribution in [0.1, 0.15) is 38.5 Å². The number of amides is 4. The van der Waals surface area contributed by atoms with Gasteiger partial charge in [0.05, 0.1) is 10.2 Å². The number of anilines is 1. The van der Waals surface area contributed by atoms with Crippen molar-refractivity contribution in [3.8, 4) is 10.6 Å². The molecule has 0 bridgehead atoms. The number of thiazole rings is 1. The van der Waals surface area contributed by atoms with E-state index in [1.807, 2.05) is 48.5 Å². The summed E-state index contributed by atoms with van der Waals surface area (Å²) in [5, 5.41) is 6.69. The highest BCUT2D eigenvalue weighted by Crippen LogP contribution is 2.35. The normalized spacial score (nSPS) is 17.3. The third-order valence-corrected chi connectivity index (χ3v) is 7.26. The van der Waals surface area contributed by atoms with Crippen molar-refractivity contribution < 1.29 is 14.4 Å². The smallest absolute Gasteiger partial charge is 0.325 e. The Morgan fingerprint density at radius 1 is 1.12 bits per heavy atom. The zero-order valence-corrected chi connectivity index (χ0v) is 18.4. The zero-order valence-electron chi connectivity index (χ0n) is 17.6. The molecule has 164 valence electrons. The van der Waals surface area contributed by atoms with Gasteiger partial charge in [-0.2, -0.15) is 0 Å². The molecule has 1 aromatic heterocycles. The van der Waals surface area contributed by atoms with E-state index in [-0.39, 0.29) is 30.8 Å². The van der Waals surface area contributed by atoms with Gasteiger partial charge in [0.25, 0.3) is 5.91 Å². The van der Waals surface area contributed by atoms with Gasteiger partial charge in [0.15, 0.2) is 0 Å². The molecule has 0 atom stereocenters. The number of aromatic nitrogens is 1. The Morgan fingerprint density at radius 2 is 1.94 bits per heavy atom. The number of rotatable bonds is 6. The molecule has 1 saturated heterocycles. The number of carbonyl (C=O) groups is 3. The van der Waals surface area contributed by atoms with Crippen molar-refractivity contribution in [2.24, 2.45) is 0 Å². The second-order valence-corrected chi connectivity index (χ2v) is 9.43. The van der Waals surface area contributed by atoms with Crippen LogP contribution in [0.3, 0.4) is 0 Å². The molecule has 1 spiro atoms. The van der Waals surface area contributed by atoms with Gasteiger partial charge in [-0.3, -0.25) is 14.5 Å². The number of nitrogens with one attached hydrogen (secondary N) is 2. The van der Waals surface area contributed by atoms with E-state index in [0.29, 0.717) is 24.9 Å². The second kappa shape index (κ2) is 8.35. The SMILES string of the molecule is O=C(CCCN1C(=O)NC2(CCCC2)C1=O)Nc1cccc(-c2nc3ccccc3s2)c1. The van der Waals surface area contributed by atoms with E-state index >= 15 is 0 Å². The van der Waals surface area contributed by atoms with Crippen molar-refractivity contribution in [1.82, 2.24) is 15.2 Å². The second-order valence-electron chi connectivity index (χ2n) is 8.40. The van der Waals surface area contributed by atoms with Gasteiger partial charge in [-0.1, -0.05) is 37.1 Å². The van der Waals surface area contributed by atoms with E-state index in [0.717, 1.165) is 33.6 Å². The van der Waals surface area contributed by atoms with E-state index in [4.69, 9.17) is 0 Å². The van der Waals surface area contributed by atoms with Crippen LogP contribution in [0.15, 0.2) is 48.5 Å². The Morgan fingerprint density at radius 3 is 2.75 bits per heavy atom. The van der Waals surface area contributed by atoms with Crippen molar-refractivity contribution in [2.75, 3.05) is 11.9 Å². The first-order valence-corrected chi connectivity index (χ1v) is 11.8. The van der Waals surface area contributed by atoms with Crippen molar-refractivity contribution in [2.45, 2.75) is 44.1 Å². The maximum Gasteiger partial charge on any atom is 0.325 e. The fraction of sp³-hybridized carbons (Fsp3) is 0.333. The summed E-state index contributed by atoms with van der Waals surface area (Å²) in [5.74, 6) is -0.280. The van der Waals surface area contributed by atoms with Crippen LogP contribution in [0, 0.1) is 0 Å². The fourth-order valence-electron chi connectivity index (χ4n) is 4.54. The van der Waals surface area contributed by atoms with Gasteiger partial charge >= 0.3 is 6.03 Å². The number of carbonyl (C=O) groups excluding carboxylic acids is 3. The lowest BCUT2D eigenvalue weighted by molar-refractivity contribution is -0.131. The summed E-state index contributed by atoms with van der Waals surface area (Å²) >= 11 is 1.62. The molecular weight excluding hydrogens is 424 g/mol. The van der Waals surface area contributed by atoms with Crippen molar-refractivity contribution >= 4 is 45.1 Å². The predicted molar refractivity (Wildman–Crippen MR) is 124 cm³/mol. The van der Waals surface area contributed by atoms with E-state index < -0.39 is 5.54 Å². The average Bonchev–Trinajstić information content (AvgIpc) is 3.49. The van der Waals surface area contributed by atoms with E-state index in [9.17, 15) is 14.4 Å². The highest BCUT2D eigenvalue weighted by Gasteiger charge is 2.52. The van der Waals surface area contributed by atoms with Crippen LogP contribution < -0.4 is 10.6 Å². The maximum atomic E-state index is 12.7. The predicted octanol–water partition coefficient (Wildman–Crippen LogP) is 4.55. The van der Waals surface area contributed by atoms with Crippen molar-refractivity contribution in [3.05, 3.63) is 48.5 Å². The molecular formula is C24H24N4O3S. The summed E-state index contributed by atoms with van der Waals surface area (Å²) in [7, 11) is 0. The highest BCUT2D eigenvalue weighted by molar-refractivity contribution is 7.21. The van der Waals surface area contributed by atoms with Crippen LogP contribution in [-0.2, 0) is 9.59 Å². The third kappa shape index (κ3) is 3.86. The zero-order chi connectivity index (χ0) is 22.1. The van der Waals surface area contributed by atoms with Crippen LogP contribution in [0.25, 0.3) is 20.8 Å². The molecule has 2 aliphatic rings. The lowest BCUT2D eigenvalue weighted by Crippen LogP contribution is -2.44. The molecule has 7 nitrogen and oxygen atoms in total. The molecule has 8 heteroatoms. The minimum Gasteiger partial charge on any atom is -0.326 e. The lowest BCUT2D eigenvalue weighted by atomic mass is 9.98. The number of urea groups is 1. The third-order valence-electron chi connectivity index (χ3n) is 6.18. The molecule has 4 amide bonds. The molecule has 2 fully saturated rings. The topological polar surface area (TPSA) is 91.4 Å². The molecule has 2 heterocycles. The van der Waals surface area contributed by atoms with Gasteiger partial charge < -0.3 is 10.6 Å². The summed E-state index contributed by atoms with van der Waals surface area (Å²) in [6, 6.07) is 15.3. The van der Waals surface area contributed by atoms with Gasteiger partial charge in [0.2, 0.25) is 5.91 Å². The lowest BCUT2D eigenvalue weighted by Gasteiger charge is -2.19. The Labute approximate surface area is 189 Å². The molecule has 2 aromatic carbocycles. The number of fused-ring (bicyclic) bond motifs is 1. The van der Waals surface area contributed by atoms with E-state index in [1.54, 1.807) is 11.3 Å². The number of hydrogen-bond donors (Lipinski definition) is 2. The Kier molecular flexibility index (Phi) is 5.38. The molecule has 0 unspecified atom stereocenters. The number of para-hydroxylation sites is 1. The number of imide groups is 1. The Bertz CT molecular complexity index is 1170. The van der Waals surface area contributed by atoms with Gasteiger partial charge in [-0.15, -0.1) is 11.3 Å². The minimum atomic E-state index is -0.694. The molecule has 1 saturated carbocycles. The van der Waals surface area contributed by atoms with Crippen LogP contribution >= 0.6 is 11.3 Å². The summed E-state index contributed by atoms with van der Waals surface area (Å²) in [6.45, 7) is 0.256. The summed E-state index contributed by atoms with van der Waals surface area (Å²) in [5.41, 5.74) is 1.92. The number of hydrogen-bond acceptors (Lipinski definition) is 5. The quantitative estimate of drug-likeness (QED) is 0.542. The average molecular weight is 449 g/mol. The molecule has 0 radical (unpaired) electrons. The van der Waals surface area contributed by atoms with Gasteiger partial charge in [-0.05, 0) is 43.5 Å². The molecule has 32 heavy (non-hydrogen) atoms. The summed E-state index contributed by atoms with van der Waals surface area (Å²) in [6.07, 6.45) is 3.99. The first-order chi connectivity index (χ1) is 15.5. The number of nitrogens with zero attached hydrogens (tertiary/aromatic N) is 2. The van der Waals surface area contributed by atoms with E-state index in [2.05, 4.69) is 15.6 Å². The van der Waals surface area contributed by atoms with Crippen molar-refractivity contribution in [1.29, 1.82) is 0 Å². The standard InChI is InChI=1S/C24H24N4O3S/c29-20(11-6-14-28-22(30)24(27-23(28)31)12-3-4-13-24)25-17-8-5-7-16(15-17)21-26-18-9-1-2-10-19(18)32-21/h1-2,5,7-10,15H,3-4,6,11-14H2,(H,25,29)(H,27,31). The van der Waals surface area contributed by atoms with Crippen LogP contribution in [0.5, 0.6) is 0 Å². The van der Waals surface area contributed by atoms with Crippen LogP contribution in [-0.4, -0.2) is 39.8 Å². The van der Waals surface area contributed by atoms with Gasteiger partial charge in [0, 0.05) is 24.2 Å². The monoisotopic (exact) mass is 448 g/mol. The summed E-state index contributed by atoms with van der Waals surface area (Å²) in [4.78, 5) is 43.3. The molecule has 1 aliphatic heterocycles. The van der Waals surface area contributed by atoms with Crippen LogP contribution in [0.4, 0.5) is 10.5 Å². The van der Waals surface area contributed by atoms with Crippen molar-refractivity contribution in [3.63, 3.8) is 0 Å². The molecule has 2 N–H and O–H groups in total. The molecule has 5 rings (SSSR count). The summed E-state index contributed by atoms with van der Waals surface area (Å²) < 4.78 is 1.12. The maximum absolute atomic E-state index is 12.7. The number of benzene rings is 2. The van der Waals surface area contributed by atoms with Gasteiger partial charge in [-0.25, -0.2) is 9.78 Å². The van der Waals surface area contributed by atoms with Gasteiger partial charge in [0.1, 0.15) is 10.5 Å². The highest BCUT2D eigenvalue weighted by atomic mass is 32.1. The first-order valence-electron chi connectivity index (χ1n) is 10.9. The largest absolute Gasteiger partial charge is 0.326 e.